The summed E-state index contributed by atoms with van der Waals surface area (Å²) >= 11 is 0. The first kappa shape index (κ1) is 15.2. The molecular weight excluding hydrogens is 262 g/mol. The Kier molecular flexibility index (Phi) is 4.93. The summed E-state index contributed by atoms with van der Waals surface area (Å²) in [5.41, 5.74) is 1.12. The number of aromatic nitrogens is 1. The molecule has 0 aromatic carbocycles. The molecule has 1 aromatic rings. The Morgan fingerprint density at radius 3 is 2.55 bits per heavy atom. The summed E-state index contributed by atoms with van der Waals surface area (Å²) in [4.78, 5) is 4.15. The highest BCUT2D eigenvalue weighted by Crippen LogP contribution is 2.24. The maximum Gasteiger partial charge on any atom is 0.233 e. The molecule has 112 valence electrons. The van der Waals surface area contributed by atoms with Crippen molar-refractivity contribution in [3.05, 3.63) is 23.9 Å². The topological polar surface area (TPSA) is 92.0 Å². The molecule has 1 aromatic heterocycles. The van der Waals surface area contributed by atoms with Crippen LogP contribution in [0.5, 0.6) is 5.88 Å². The monoisotopic (exact) mass is 283 g/mol. The fourth-order valence-electron chi connectivity index (χ4n) is 2.20. The Labute approximate surface area is 118 Å². The van der Waals surface area contributed by atoms with Crippen molar-refractivity contribution in [1.29, 1.82) is 0 Å². The molecule has 1 saturated heterocycles. The van der Waals surface area contributed by atoms with E-state index in [1.807, 2.05) is 6.07 Å². The molecule has 2 rings (SSSR count). The first-order chi connectivity index (χ1) is 9.52. The Hall–Kier alpha value is -1.21. The van der Waals surface area contributed by atoms with Crippen molar-refractivity contribution in [2.45, 2.75) is 57.4 Å². The van der Waals surface area contributed by atoms with Gasteiger partial charge in [0, 0.05) is 12.3 Å². The second-order valence-corrected chi connectivity index (χ2v) is 5.11. The number of ether oxygens (including phenoxy) is 2. The molecule has 1 fully saturated rings. The van der Waals surface area contributed by atoms with Gasteiger partial charge in [-0.25, -0.2) is 4.98 Å². The van der Waals surface area contributed by atoms with Gasteiger partial charge in [-0.1, -0.05) is 26.3 Å². The minimum Gasteiger partial charge on any atom is -0.445 e. The third-order valence-electron chi connectivity index (χ3n) is 3.48. The molecule has 0 aliphatic carbocycles. The molecule has 0 bridgehead atoms. The summed E-state index contributed by atoms with van der Waals surface area (Å²) in [6.07, 6.45) is -1.31. The van der Waals surface area contributed by atoms with Crippen molar-refractivity contribution in [1.82, 2.24) is 4.98 Å². The van der Waals surface area contributed by atoms with E-state index in [2.05, 4.69) is 18.8 Å². The first-order valence-electron chi connectivity index (χ1n) is 6.85. The molecule has 6 heteroatoms. The van der Waals surface area contributed by atoms with Crippen molar-refractivity contribution >= 4 is 0 Å². The Morgan fingerprint density at radius 1 is 1.30 bits per heavy atom. The summed E-state index contributed by atoms with van der Waals surface area (Å²) in [5.74, 6) is 0.710. The zero-order chi connectivity index (χ0) is 14.7. The van der Waals surface area contributed by atoms with Crippen molar-refractivity contribution in [3.63, 3.8) is 0 Å². The maximum atomic E-state index is 9.61. The highest BCUT2D eigenvalue weighted by molar-refractivity contribution is 5.21. The minimum absolute atomic E-state index is 0.280. The highest BCUT2D eigenvalue weighted by atomic mass is 16.8. The summed E-state index contributed by atoms with van der Waals surface area (Å²) in [6.45, 7) is 4.27. The fraction of sp³-hybridized carbons (Fsp3) is 0.643. The average molecular weight is 283 g/mol. The maximum absolute atomic E-state index is 9.61. The van der Waals surface area contributed by atoms with Crippen LogP contribution >= 0.6 is 0 Å². The Bertz CT molecular complexity index is 424. The van der Waals surface area contributed by atoms with Gasteiger partial charge in [0.2, 0.25) is 12.2 Å². The minimum atomic E-state index is -1.45. The molecule has 0 amide bonds. The Morgan fingerprint density at radius 2 is 2.05 bits per heavy atom. The Balaban J connectivity index is 1.97. The second-order valence-electron chi connectivity index (χ2n) is 5.11. The molecular formula is C14H21NO5. The van der Waals surface area contributed by atoms with Crippen LogP contribution in [0.25, 0.3) is 0 Å². The number of aliphatic hydroxyl groups excluding tert-OH is 3. The summed E-state index contributed by atoms with van der Waals surface area (Å²) < 4.78 is 10.2. The molecule has 0 spiro atoms. The van der Waals surface area contributed by atoms with Gasteiger partial charge in [-0.15, -0.1) is 0 Å². The summed E-state index contributed by atoms with van der Waals surface area (Å²) in [7, 11) is 0. The van der Waals surface area contributed by atoms with E-state index in [0.717, 1.165) is 18.4 Å². The largest absolute Gasteiger partial charge is 0.445 e. The zero-order valence-corrected chi connectivity index (χ0v) is 11.6. The number of hydrogen-bond acceptors (Lipinski definition) is 6. The average Bonchev–Trinajstić information content (AvgIpc) is 2.67. The molecule has 6 nitrogen and oxygen atoms in total. The lowest BCUT2D eigenvalue weighted by molar-refractivity contribution is -0.172. The van der Waals surface area contributed by atoms with E-state index in [4.69, 9.17) is 9.47 Å². The number of pyridine rings is 1. The lowest BCUT2D eigenvalue weighted by Crippen LogP contribution is -2.35. The fourth-order valence-corrected chi connectivity index (χ4v) is 2.20. The molecule has 3 N–H and O–H groups in total. The highest BCUT2D eigenvalue weighted by Gasteiger charge is 2.43. The van der Waals surface area contributed by atoms with Crippen LogP contribution in [0, 0.1) is 0 Å². The lowest BCUT2D eigenvalue weighted by Gasteiger charge is -2.16. The summed E-state index contributed by atoms with van der Waals surface area (Å²) in [6, 6.07) is 3.60. The van der Waals surface area contributed by atoms with E-state index < -0.39 is 24.8 Å². The molecule has 5 atom stereocenters. The van der Waals surface area contributed by atoms with Crippen molar-refractivity contribution in [3.8, 4) is 5.88 Å². The van der Waals surface area contributed by atoms with Crippen LogP contribution in [0.4, 0.5) is 0 Å². The third kappa shape index (κ3) is 3.27. The lowest BCUT2D eigenvalue weighted by atomic mass is 9.98. The van der Waals surface area contributed by atoms with Crippen LogP contribution in [-0.2, 0) is 4.74 Å². The number of hydrogen-bond donors (Lipinski definition) is 3. The van der Waals surface area contributed by atoms with Gasteiger partial charge in [-0.3, -0.25) is 0 Å². The van der Waals surface area contributed by atoms with E-state index >= 15 is 0 Å². The van der Waals surface area contributed by atoms with E-state index in [-0.39, 0.29) is 5.88 Å². The third-order valence-corrected chi connectivity index (χ3v) is 3.48. The molecule has 5 unspecified atom stereocenters. The smallest absolute Gasteiger partial charge is 0.233 e. The van der Waals surface area contributed by atoms with Crippen LogP contribution in [0.2, 0.25) is 0 Å². The van der Waals surface area contributed by atoms with Gasteiger partial charge in [0.1, 0.15) is 12.2 Å². The van der Waals surface area contributed by atoms with Crippen LogP contribution in [0.1, 0.15) is 38.2 Å². The number of aliphatic hydroxyl groups is 3. The van der Waals surface area contributed by atoms with E-state index in [9.17, 15) is 15.3 Å². The normalized spacial score (nSPS) is 31.2. The van der Waals surface area contributed by atoms with E-state index in [1.165, 1.54) is 0 Å². The van der Waals surface area contributed by atoms with Crippen LogP contribution in [0.15, 0.2) is 18.3 Å². The first-order valence-corrected chi connectivity index (χ1v) is 6.85. The number of nitrogens with zero attached hydrogens (tertiary/aromatic N) is 1. The predicted octanol–water partition coefficient (Wildman–Crippen LogP) is 0.760. The van der Waals surface area contributed by atoms with E-state index in [0.29, 0.717) is 5.92 Å². The molecule has 2 heterocycles. The van der Waals surface area contributed by atoms with Crippen molar-refractivity contribution < 1.29 is 24.8 Å². The second kappa shape index (κ2) is 6.49. The predicted molar refractivity (Wildman–Crippen MR) is 71.1 cm³/mol. The van der Waals surface area contributed by atoms with Crippen LogP contribution < -0.4 is 4.74 Å². The van der Waals surface area contributed by atoms with Gasteiger partial charge in [-0.2, -0.15) is 0 Å². The van der Waals surface area contributed by atoms with Crippen LogP contribution in [-0.4, -0.2) is 45.1 Å². The molecule has 0 radical (unpaired) electrons. The molecule has 0 saturated carbocycles. The quantitative estimate of drug-likeness (QED) is 0.739. The molecule has 1 aliphatic heterocycles. The van der Waals surface area contributed by atoms with Gasteiger partial charge in [0.25, 0.3) is 0 Å². The van der Waals surface area contributed by atoms with Gasteiger partial charge < -0.3 is 24.8 Å². The zero-order valence-electron chi connectivity index (χ0n) is 11.6. The SMILES string of the molecule is CCCC(C)c1ccc(OC2OC(O)C(O)C2O)nc1. The molecule has 1 aliphatic rings. The van der Waals surface area contributed by atoms with Gasteiger partial charge in [0.05, 0.1) is 0 Å². The van der Waals surface area contributed by atoms with E-state index in [1.54, 1.807) is 12.3 Å². The standard InChI is InChI=1S/C14H21NO5/c1-3-4-8(2)9-5-6-10(15-7-9)19-14-12(17)11(16)13(18)20-14/h5-8,11-14,16-18H,3-4H2,1-2H3. The van der Waals surface area contributed by atoms with Gasteiger partial charge >= 0.3 is 0 Å². The molecule has 20 heavy (non-hydrogen) atoms. The van der Waals surface area contributed by atoms with Gasteiger partial charge in [-0.05, 0) is 17.9 Å². The van der Waals surface area contributed by atoms with Crippen LogP contribution in [0.3, 0.4) is 0 Å². The summed E-state index contributed by atoms with van der Waals surface area (Å²) in [5, 5.41) is 28.2. The number of rotatable bonds is 5. The van der Waals surface area contributed by atoms with Crippen molar-refractivity contribution in [2.24, 2.45) is 0 Å². The van der Waals surface area contributed by atoms with Gasteiger partial charge in [0.15, 0.2) is 6.29 Å². The van der Waals surface area contributed by atoms with Crippen molar-refractivity contribution in [2.75, 3.05) is 0 Å².